The Morgan fingerprint density at radius 3 is 2.55 bits per heavy atom. The topological polar surface area (TPSA) is 92.8 Å². The lowest BCUT2D eigenvalue weighted by Crippen LogP contribution is -2.33. The largest absolute Gasteiger partial charge is 0.493 e. The Kier molecular flexibility index (Phi) is 5.75. The molecule has 0 aromatic heterocycles. The zero-order valence-electron chi connectivity index (χ0n) is 17.4. The molecule has 8 nitrogen and oxygen atoms in total. The van der Waals surface area contributed by atoms with Gasteiger partial charge in [0, 0.05) is 11.1 Å². The van der Waals surface area contributed by atoms with E-state index in [0.717, 1.165) is 0 Å². The molecule has 2 aliphatic heterocycles. The number of esters is 2. The number of hydrogen-bond donors (Lipinski definition) is 0. The van der Waals surface area contributed by atoms with Crippen molar-refractivity contribution in [2.45, 2.75) is 58.5 Å². The summed E-state index contributed by atoms with van der Waals surface area (Å²) >= 11 is 0. The molecule has 0 amide bonds. The van der Waals surface area contributed by atoms with Crippen LogP contribution in [-0.2, 0) is 23.8 Å². The molecule has 158 valence electrons. The molecule has 1 aromatic carbocycles. The van der Waals surface area contributed by atoms with Crippen molar-refractivity contribution in [3.05, 3.63) is 29.3 Å². The molecule has 0 spiro atoms. The van der Waals surface area contributed by atoms with Gasteiger partial charge in [-0.1, -0.05) is 6.08 Å². The number of hydrogen-bond acceptors (Lipinski definition) is 8. The van der Waals surface area contributed by atoms with Gasteiger partial charge in [-0.25, -0.2) is 9.59 Å². The molecule has 1 fully saturated rings. The Labute approximate surface area is 169 Å². The van der Waals surface area contributed by atoms with Gasteiger partial charge in [-0.2, -0.15) is 0 Å². The fourth-order valence-corrected chi connectivity index (χ4v) is 2.97. The quantitative estimate of drug-likeness (QED) is 0.387. The van der Waals surface area contributed by atoms with Crippen LogP contribution in [0.1, 0.15) is 46.3 Å². The Balaban J connectivity index is 1.91. The first-order chi connectivity index (χ1) is 13.7. The molecule has 1 saturated heterocycles. The number of methoxy groups -OCH3 is 1. The number of carbonyl (C=O) groups excluding carboxylic acids is 2. The zero-order valence-corrected chi connectivity index (χ0v) is 17.4. The van der Waals surface area contributed by atoms with Gasteiger partial charge >= 0.3 is 11.9 Å². The Bertz CT molecular complexity index is 845. The average Bonchev–Trinajstić information content (AvgIpc) is 3.09. The summed E-state index contributed by atoms with van der Waals surface area (Å²) in [6.45, 7) is 8.58. The van der Waals surface area contributed by atoms with Gasteiger partial charge in [-0.3, -0.25) is 0 Å². The Morgan fingerprint density at radius 2 is 1.97 bits per heavy atom. The van der Waals surface area contributed by atoms with Crippen LogP contribution in [-0.4, -0.2) is 43.7 Å². The van der Waals surface area contributed by atoms with Crippen LogP contribution in [0.4, 0.5) is 0 Å². The number of carbonyl (C=O) groups is 2. The first-order valence-electron chi connectivity index (χ1n) is 9.41. The number of fused-ring (bicyclic) bond motifs is 1. The van der Waals surface area contributed by atoms with Crippen LogP contribution in [0.2, 0.25) is 0 Å². The summed E-state index contributed by atoms with van der Waals surface area (Å²) in [7, 11) is 1.50. The van der Waals surface area contributed by atoms with E-state index in [-0.39, 0.29) is 12.9 Å². The van der Waals surface area contributed by atoms with Gasteiger partial charge in [0.1, 0.15) is 6.10 Å². The number of benzene rings is 1. The molecule has 4 atom stereocenters. The predicted molar refractivity (Wildman–Crippen MR) is 102 cm³/mol. The molecule has 29 heavy (non-hydrogen) atoms. The molecule has 8 heteroatoms. The highest BCUT2D eigenvalue weighted by molar-refractivity contribution is 5.88. The van der Waals surface area contributed by atoms with E-state index in [1.54, 1.807) is 52.8 Å². The van der Waals surface area contributed by atoms with Crippen LogP contribution in [0.25, 0.3) is 0 Å². The molecular weight excluding hydrogens is 380 g/mol. The van der Waals surface area contributed by atoms with Crippen LogP contribution in [0.15, 0.2) is 23.8 Å². The molecule has 0 unspecified atom stereocenters. The van der Waals surface area contributed by atoms with Gasteiger partial charge in [-0.05, 0) is 46.8 Å². The monoisotopic (exact) mass is 406 g/mol. The highest BCUT2D eigenvalue weighted by Crippen LogP contribution is 2.44. The normalized spacial score (nSPS) is 24.5. The summed E-state index contributed by atoms with van der Waals surface area (Å²) in [5.41, 5.74) is 0.0140. The maximum atomic E-state index is 12.5. The Hall–Kier alpha value is -2.74. The van der Waals surface area contributed by atoms with Crippen molar-refractivity contribution in [2.24, 2.45) is 0 Å². The van der Waals surface area contributed by atoms with Crippen molar-refractivity contribution >= 4 is 11.9 Å². The third kappa shape index (κ3) is 4.03. The van der Waals surface area contributed by atoms with E-state index in [9.17, 15) is 9.59 Å². The van der Waals surface area contributed by atoms with E-state index in [1.807, 2.05) is 0 Å². The lowest BCUT2D eigenvalue weighted by molar-refractivity contribution is -0.168. The van der Waals surface area contributed by atoms with Gasteiger partial charge < -0.3 is 28.4 Å². The van der Waals surface area contributed by atoms with Crippen molar-refractivity contribution in [1.29, 1.82) is 0 Å². The summed E-state index contributed by atoms with van der Waals surface area (Å²) in [6.07, 6.45) is -0.243. The average molecular weight is 406 g/mol. The molecule has 3 rings (SSSR count). The molecule has 0 radical (unpaired) electrons. The SMILES string of the molecule is CC=C(C)C(=O)O[C@H](c1cc(OC)c2c(c1)OCO2)[C@@H](C)OC(=O)[C@@]1(C)O[C@H]1C. The molecule has 0 N–H and O–H groups in total. The van der Waals surface area contributed by atoms with Crippen molar-refractivity contribution in [3.63, 3.8) is 0 Å². The summed E-state index contributed by atoms with van der Waals surface area (Å²) < 4.78 is 32.9. The van der Waals surface area contributed by atoms with Crippen LogP contribution in [0.3, 0.4) is 0 Å². The molecule has 0 bridgehead atoms. The molecule has 2 heterocycles. The highest BCUT2D eigenvalue weighted by Gasteiger charge is 2.57. The van der Waals surface area contributed by atoms with Crippen molar-refractivity contribution in [3.8, 4) is 17.2 Å². The van der Waals surface area contributed by atoms with E-state index < -0.39 is 29.7 Å². The molecular formula is C21H26O8. The van der Waals surface area contributed by atoms with Crippen molar-refractivity contribution < 1.29 is 38.0 Å². The third-order valence-electron chi connectivity index (χ3n) is 5.26. The first kappa shape index (κ1) is 21.0. The summed E-state index contributed by atoms with van der Waals surface area (Å²) in [4.78, 5) is 25.0. The van der Waals surface area contributed by atoms with E-state index >= 15 is 0 Å². The van der Waals surface area contributed by atoms with Crippen LogP contribution in [0, 0.1) is 0 Å². The second kappa shape index (κ2) is 7.94. The van der Waals surface area contributed by atoms with E-state index in [0.29, 0.717) is 28.4 Å². The summed E-state index contributed by atoms with van der Waals surface area (Å²) in [6, 6.07) is 3.37. The minimum absolute atomic E-state index is 0.0649. The van der Waals surface area contributed by atoms with E-state index in [4.69, 9.17) is 28.4 Å². The minimum Gasteiger partial charge on any atom is -0.493 e. The molecule has 1 aromatic rings. The first-order valence-corrected chi connectivity index (χ1v) is 9.41. The van der Waals surface area contributed by atoms with E-state index in [1.165, 1.54) is 7.11 Å². The van der Waals surface area contributed by atoms with Gasteiger partial charge in [0.15, 0.2) is 23.2 Å². The lowest BCUT2D eigenvalue weighted by atomic mass is 10.0. The number of epoxide rings is 1. The van der Waals surface area contributed by atoms with Crippen molar-refractivity contribution in [2.75, 3.05) is 13.9 Å². The standard InChI is InChI=1S/C21H26O8/c1-7-11(2)19(22)28-17(12(3)27-20(23)21(5)13(4)29-21)14-8-15(24-6)18-16(9-14)25-10-26-18/h7-9,12-13,17H,10H2,1-6H3/t12-,13+,17+,21+/m1/s1. The van der Waals surface area contributed by atoms with Gasteiger partial charge in [0.2, 0.25) is 12.5 Å². The number of allylic oxidation sites excluding steroid dienone is 1. The predicted octanol–water partition coefficient (Wildman–Crippen LogP) is 3.08. The number of ether oxygens (including phenoxy) is 6. The lowest BCUT2D eigenvalue weighted by Gasteiger charge is -2.26. The van der Waals surface area contributed by atoms with Gasteiger partial charge in [0.05, 0.1) is 13.2 Å². The second-order valence-corrected chi connectivity index (χ2v) is 7.23. The summed E-state index contributed by atoms with van der Waals surface area (Å²) in [5.74, 6) is 0.354. The van der Waals surface area contributed by atoms with E-state index in [2.05, 4.69) is 0 Å². The highest BCUT2D eigenvalue weighted by atomic mass is 16.7. The van der Waals surface area contributed by atoms with Crippen molar-refractivity contribution in [1.82, 2.24) is 0 Å². The van der Waals surface area contributed by atoms with Gasteiger partial charge in [-0.15, -0.1) is 0 Å². The Morgan fingerprint density at radius 1 is 1.28 bits per heavy atom. The van der Waals surface area contributed by atoms with Crippen LogP contribution >= 0.6 is 0 Å². The fraction of sp³-hybridized carbons (Fsp3) is 0.524. The molecule has 2 aliphatic rings. The summed E-state index contributed by atoms with van der Waals surface area (Å²) in [5, 5.41) is 0. The fourth-order valence-electron chi connectivity index (χ4n) is 2.97. The second-order valence-electron chi connectivity index (χ2n) is 7.23. The van der Waals surface area contributed by atoms with Crippen LogP contribution in [0.5, 0.6) is 17.2 Å². The third-order valence-corrected chi connectivity index (χ3v) is 5.26. The zero-order chi connectivity index (χ0) is 21.3. The number of rotatable bonds is 7. The molecule has 0 aliphatic carbocycles. The van der Waals surface area contributed by atoms with Gasteiger partial charge in [0.25, 0.3) is 0 Å². The maximum absolute atomic E-state index is 12.5. The minimum atomic E-state index is -0.978. The maximum Gasteiger partial charge on any atom is 0.341 e. The smallest absolute Gasteiger partial charge is 0.341 e. The van der Waals surface area contributed by atoms with Crippen LogP contribution < -0.4 is 14.2 Å². The molecule has 0 saturated carbocycles.